The number of ether oxygens (including phenoxy) is 4. The van der Waals surface area contributed by atoms with Crippen LogP contribution in [0.15, 0.2) is 35.9 Å². The smallest absolute Gasteiger partial charge is 0.407 e. The normalized spacial score (nSPS) is 32.5. The van der Waals surface area contributed by atoms with Crippen LogP contribution in [0.3, 0.4) is 0 Å². The molecule has 2 aliphatic heterocycles. The zero-order valence-corrected chi connectivity index (χ0v) is 22.1. The van der Waals surface area contributed by atoms with E-state index in [0.717, 1.165) is 24.1 Å². The summed E-state index contributed by atoms with van der Waals surface area (Å²) in [6.07, 6.45) is 4.71. The first kappa shape index (κ1) is 26.6. The van der Waals surface area contributed by atoms with Gasteiger partial charge in [0.15, 0.2) is 0 Å². The van der Waals surface area contributed by atoms with E-state index in [2.05, 4.69) is 37.5 Å². The fraction of sp³-hybridized carbons (Fsp3) is 0.643. The molecule has 1 aromatic rings. The molecule has 8 nitrogen and oxygen atoms in total. The van der Waals surface area contributed by atoms with Crippen LogP contribution in [0, 0.1) is 5.92 Å². The molecule has 1 aromatic carbocycles. The number of epoxide rings is 2. The zero-order chi connectivity index (χ0) is 25.9. The second-order valence-electron chi connectivity index (χ2n) is 10.6. The first-order valence-corrected chi connectivity index (χ1v) is 13.0. The van der Waals surface area contributed by atoms with E-state index in [4.69, 9.17) is 18.9 Å². The van der Waals surface area contributed by atoms with E-state index in [1.54, 1.807) is 7.11 Å². The van der Waals surface area contributed by atoms with Crippen molar-refractivity contribution in [2.75, 3.05) is 25.6 Å². The molecule has 36 heavy (non-hydrogen) atoms. The molecular formula is C28H40N2O6. The van der Waals surface area contributed by atoms with Gasteiger partial charge < -0.3 is 29.6 Å². The largest absolute Gasteiger partial charge is 0.443 e. The van der Waals surface area contributed by atoms with Crippen LogP contribution in [0.5, 0.6) is 0 Å². The molecule has 0 aromatic heterocycles. The van der Waals surface area contributed by atoms with Gasteiger partial charge in [-0.15, -0.1) is 0 Å². The first-order valence-electron chi connectivity index (χ1n) is 13.0. The molecule has 0 radical (unpaired) electrons. The predicted octanol–water partition coefficient (Wildman–Crippen LogP) is 4.38. The van der Waals surface area contributed by atoms with Crippen LogP contribution in [0.2, 0.25) is 0 Å². The monoisotopic (exact) mass is 500 g/mol. The molecular weight excluding hydrogens is 460 g/mol. The van der Waals surface area contributed by atoms with Crippen LogP contribution in [0.25, 0.3) is 0 Å². The second-order valence-corrected chi connectivity index (χ2v) is 10.6. The molecule has 2 N–H and O–H groups in total. The molecule has 2 saturated heterocycles. The van der Waals surface area contributed by atoms with Gasteiger partial charge in [0.1, 0.15) is 23.4 Å². The van der Waals surface area contributed by atoms with E-state index in [9.17, 15) is 9.59 Å². The van der Waals surface area contributed by atoms with Crippen molar-refractivity contribution in [3.05, 3.63) is 41.5 Å². The average molecular weight is 501 g/mol. The van der Waals surface area contributed by atoms with E-state index < -0.39 is 6.09 Å². The number of anilines is 1. The maximum absolute atomic E-state index is 12.7. The highest BCUT2D eigenvalue weighted by molar-refractivity contribution is 5.90. The molecule has 1 saturated carbocycles. The van der Waals surface area contributed by atoms with E-state index in [0.29, 0.717) is 32.4 Å². The van der Waals surface area contributed by atoms with Crippen LogP contribution in [-0.2, 0) is 30.2 Å². The maximum atomic E-state index is 12.7. The Balaban J connectivity index is 1.30. The number of carbonyl (C=O) groups excluding carboxylic acids is 2. The number of carbonyl (C=O) groups is 2. The maximum Gasteiger partial charge on any atom is 0.407 e. The van der Waals surface area contributed by atoms with Gasteiger partial charge in [-0.05, 0) is 64.2 Å². The Morgan fingerprint density at radius 1 is 1.22 bits per heavy atom. The van der Waals surface area contributed by atoms with E-state index in [1.807, 2.05) is 31.2 Å². The highest BCUT2D eigenvalue weighted by atomic mass is 16.6. The van der Waals surface area contributed by atoms with E-state index in [1.165, 1.54) is 5.57 Å². The summed E-state index contributed by atoms with van der Waals surface area (Å²) in [5.41, 5.74) is 2.50. The van der Waals surface area contributed by atoms with Crippen molar-refractivity contribution in [1.82, 2.24) is 5.32 Å². The van der Waals surface area contributed by atoms with Crippen LogP contribution in [0.4, 0.5) is 10.5 Å². The summed E-state index contributed by atoms with van der Waals surface area (Å²) in [5, 5.41) is 5.70. The van der Waals surface area contributed by atoms with Crippen LogP contribution in [0.1, 0.15) is 58.9 Å². The van der Waals surface area contributed by atoms with Gasteiger partial charge in [0.05, 0.1) is 18.6 Å². The average Bonchev–Trinajstić information content (AvgIpc) is 3.77. The third kappa shape index (κ3) is 5.93. The van der Waals surface area contributed by atoms with E-state index in [-0.39, 0.29) is 41.3 Å². The molecule has 6 atom stereocenters. The summed E-state index contributed by atoms with van der Waals surface area (Å²) in [5.74, 6) is -0.0138. The Morgan fingerprint density at radius 3 is 2.56 bits per heavy atom. The summed E-state index contributed by atoms with van der Waals surface area (Å²) in [6, 6.07) is 7.63. The molecule has 2 heterocycles. The Hall–Kier alpha value is -2.42. The van der Waals surface area contributed by atoms with Crippen molar-refractivity contribution >= 4 is 17.7 Å². The van der Waals surface area contributed by atoms with Gasteiger partial charge in [-0.25, -0.2) is 4.79 Å². The SMILES string of the molecule is CCC(=O)Nc1ccc(CCNC(=O)OC2CC[C@]3(CO3)C(C3(C)O[C@@H]3CC=C(C)C)C2OC)cc1. The lowest BCUT2D eigenvalue weighted by Crippen LogP contribution is -2.56. The summed E-state index contributed by atoms with van der Waals surface area (Å²) >= 11 is 0. The highest BCUT2D eigenvalue weighted by Crippen LogP contribution is 2.59. The number of hydrogen-bond donors (Lipinski definition) is 2. The standard InChI is InChI=1S/C28H40N2O6/c1-6-23(31)30-20-10-8-19(9-11-20)14-16-29-26(32)35-21-13-15-28(17-34-28)25(24(21)33-5)27(4)22(36-27)12-7-18(2)3/h7-11,21-22,24-25H,6,12-17H2,1-5H3,(H,29,32)(H,30,31)/t21?,22-,24?,25?,27?,28+/m1/s1. The Bertz CT molecular complexity index is 969. The van der Waals surface area contributed by atoms with Crippen LogP contribution >= 0.6 is 0 Å². The first-order chi connectivity index (χ1) is 17.2. The summed E-state index contributed by atoms with van der Waals surface area (Å²) in [4.78, 5) is 24.2. The Kier molecular flexibility index (Phi) is 8.07. The predicted molar refractivity (Wildman–Crippen MR) is 137 cm³/mol. The Labute approximate surface area is 214 Å². The van der Waals surface area contributed by atoms with Gasteiger partial charge in [-0.1, -0.05) is 30.7 Å². The number of benzene rings is 1. The van der Waals surface area contributed by atoms with Crippen LogP contribution < -0.4 is 10.6 Å². The molecule has 3 fully saturated rings. The fourth-order valence-corrected chi connectivity index (χ4v) is 5.56. The molecule has 1 aliphatic carbocycles. The lowest BCUT2D eigenvalue weighted by atomic mass is 9.68. The van der Waals surface area contributed by atoms with Crippen molar-refractivity contribution in [2.45, 2.75) is 89.3 Å². The van der Waals surface area contributed by atoms with Crippen LogP contribution in [-0.4, -0.2) is 61.8 Å². The van der Waals surface area contributed by atoms with Gasteiger partial charge in [-0.3, -0.25) is 4.79 Å². The Morgan fingerprint density at radius 2 is 1.94 bits per heavy atom. The number of rotatable bonds is 10. The van der Waals surface area contributed by atoms with Crippen molar-refractivity contribution in [3.8, 4) is 0 Å². The summed E-state index contributed by atoms with van der Waals surface area (Å²) in [6.45, 7) is 9.29. The minimum atomic E-state index is -0.441. The third-order valence-corrected chi connectivity index (χ3v) is 7.74. The molecule has 198 valence electrons. The number of alkyl carbamates (subject to hydrolysis) is 1. The number of methoxy groups -OCH3 is 1. The highest BCUT2D eigenvalue weighted by Gasteiger charge is 2.72. The lowest BCUT2D eigenvalue weighted by Gasteiger charge is -2.42. The van der Waals surface area contributed by atoms with Gasteiger partial charge in [-0.2, -0.15) is 0 Å². The van der Waals surface area contributed by atoms with Gasteiger partial charge in [0.25, 0.3) is 0 Å². The summed E-state index contributed by atoms with van der Waals surface area (Å²) < 4.78 is 24.0. The molecule has 8 heteroatoms. The van der Waals surface area contributed by atoms with E-state index >= 15 is 0 Å². The topological polar surface area (TPSA) is 102 Å². The molecule has 4 rings (SSSR count). The third-order valence-electron chi connectivity index (χ3n) is 7.74. The minimum Gasteiger partial charge on any atom is -0.443 e. The molecule has 1 spiro atoms. The minimum absolute atomic E-state index is 0.00354. The molecule has 3 aliphatic rings. The van der Waals surface area contributed by atoms with Gasteiger partial charge >= 0.3 is 6.09 Å². The quantitative estimate of drug-likeness (QED) is 0.365. The fourth-order valence-electron chi connectivity index (χ4n) is 5.56. The number of amides is 2. The lowest BCUT2D eigenvalue weighted by molar-refractivity contribution is -0.118. The second kappa shape index (κ2) is 10.9. The van der Waals surface area contributed by atoms with Crippen molar-refractivity contribution in [1.29, 1.82) is 0 Å². The zero-order valence-electron chi connectivity index (χ0n) is 22.1. The van der Waals surface area contributed by atoms with Gasteiger partial charge in [0.2, 0.25) is 5.91 Å². The summed E-state index contributed by atoms with van der Waals surface area (Å²) in [7, 11) is 1.68. The number of allylic oxidation sites excluding steroid dienone is 1. The van der Waals surface area contributed by atoms with Gasteiger partial charge in [0, 0.05) is 25.8 Å². The molecule has 0 bridgehead atoms. The molecule has 4 unspecified atom stereocenters. The van der Waals surface area contributed by atoms with Crippen molar-refractivity contribution in [2.24, 2.45) is 5.92 Å². The number of nitrogens with one attached hydrogen (secondary N) is 2. The number of hydrogen-bond acceptors (Lipinski definition) is 6. The van der Waals surface area contributed by atoms with Crippen molar-refractivity contribution < 1.29 is 28.5 Å². The van der Waals surface area contributed by atoms with Crippen molar-refractivity contribution in [3.63, 3.8) is 0 Å². The molecule has 2 amide bonds.